The number of benzene rings is 2. The van der Waals surface area contributed by atoms with Crippen LogP contribution in [0.15, 0.2) is 72.9 Å². The van der Waals surface area contributed by atoms with Crippen LogP contribution < -0.4 is 9.80 Å². The van der Waals surface area contributed by atoms with Crippen LogP contribution in [-0.2, 0) is 6.42 Å². The molecule has 3 aromatic rings. The van der Waals surface area contributed by atoms with Crippen molar-refractivity contribution >= 4 is 23.0 Å². The van der Waals surface area contributed by atoms with Crippen LogP contribution in [0.1, 0.15) is 22.5 Å². The summed E-state index contributed by atoms with van der Waals surface area (Å²) < 4.78 is 0. The SMILES string of the molecule is CN(c1ccccc1)c1ccnc(C(=O)N2CCCc3ccccc32)c1. The van der Waals surface area contributed by atoms with Gasteiger partial charge in [-0.3, -0.25) is 9.78 Å². The number of rotatable bonds is 3. The van der Waals surface area contributed by atoms with E-state index < -0.39 is 0 Å². The van der Waals surface area contributed by atoms with Crippen molar-refractivity contribution in [2.45, 2.75) is 12.8 Å². The number of amides is 1. The first-order valence-electron chi connectivity index (χ1n) is 8.88. The van der Waals surface area contributed by atoms with Crippen LogP contribution in [0, 0.1) is 0 Å². The van der Waals surface area contributed by atoms with Gasteiger partial charge in [-0.2, -0.15) is 0 Å². The second-order valence-corrected chi connectivity index (χ2v) is 6.48. The van der Waals surface area contributed by atoms with E-state index in [1.54, 1.807) is 6.20 Å². The fourth-order valence-electron chi connectivity index (χ4n) is 3.43. The van der Waals surface area contributed by atoms with E-state index in [1.165, 1.54) is 5.56 Å². The number of carbonyl (C=O) groups excluding carboxylic acids is 1. The number of hydrogen-bond donors (Lipinski definition) is 0. The largest absolute Gasteiger partial charge is 0.345 e. The standard InChI is InChI=1S/C22H21N3O/c1-24(18-10-3-2-4-11-18)19-13-14-23-20(16-19)22(26)25-15-7-9-17-8-5-6-12-21(17)25/h2-6,8,10-14,16H,7,9,15H2,1H3. The molecule has 1 aliphatic rings. The summed E-state index contributed by atoms with van der Waals surface area (Å²) in [7, 11) is 2.00. The van der Waals surface area contributed by atoms with E-state index in [4.69, 9.17) is 0 Å². The molecule has 0 bridgehead atoms. The molecule has 0 saturated heterocycles. The third-order valence-electron chi connectivity index (χ3n) is 4.85. The Morgan fingerprint density at radius 3 is 2.62 bits per heavy atom. The molecule has 0 spiro atoms. The lowest BCUT2D eigenvalue weighted by molar-refractivity contribution is 0.0980. The molecule has 0 fully saturated rings. The van der Waals surface area contributed by atoms with Crippen molar-refractivity contribution in [3.05, 3.63) is 84.2 Å². The van der Waals surface area contributed by atoms with Crippen molar-refractivity contribution in [3.63, 3.8) is 0 Å². The lowest BCUT2D eigenvalue weighted by Gasteiger charge is -2.29. The van der Waals surface area contributed by atoms with E-state index in [-0.39, 0.29) is 5.91 Å². The second-order valence-electron chi connectivity index (χ2n) is 6.48. The highest BCUT2D eigenvalue weighted by atomic mass is 16.2. The summed E-state index contributed by atoms with van der Waals surface area (Å²) in [6, 6.07) is 22.0. The molecular weight excluding hydrogens is 322 g/mol. The van der Waals surface area contributed by atoms with Gasteiger partial charge < -0.3 is 9.80 Å². The number of nitrogens with zero attached hydrogens (tertiary/aromatic N) is 3. The fourth-order valence-corrected chi connectivity index (χ4v) is 3.43. The predicted octanol–water partition coefficient (Wildman–Crippen LogP) is 4.44. The molecule has 2 heterocycles. The first-order valence-corrected chi connectivity index (χ1v) is 8.88. The summed E-state index contributed by atoms with van der Waals surface area (Å²) in [5, 5.41) is 0. The highest BCUT2D eigenvalue weighted by molar-refractivity contribution is 6.06. The lowest BCUT2D eigenvalue weighted by atomic mass is 10.0. The van der Waals surface area contributed by atoms with E-state index in [2.05, 4.69) is 16.0 Å². The van der Waals surface area contributed by atoms with Crippen molar-refractivity contribution < 1.29 is 4.79 Å². The zero-order valence-electron chi connectivity index (χ0n) is 14.8. The van der Waals surface area contributed by atoms with E-state index in [0.29, 0.717) is 5.69 Å². The summed E-state index contributed by atoms with van der Waals surface area (Å²) >= 11 is 0. The number of carbonyl (C=O) groups is 1. The van der Waals surface area contributed by atoms with Gasteiger partial charge in [-0.25, -0.2) is 0 Å². The first-order chi connectivity index (χ1) is 12.7. The minimum atomic E-state index is -0.0412. The quantitative estimate of drug-likeness (QED) is 0.705. The molecule has 130 valence electrons. The molecule has 1 aromatic heterocycles. The van der Waals surface area contributed by atoms with Crippen molar-refractivity contribution in [2.75, 3.05) is 23.4 Å². The van der Waals surface area contributed by atoms with Gasteiger partial charge in [0.25, 0.3) is 5.91 Å². The minimum absolute atomic E-state index is 0.0412. The Morgan fingerprint density at radius 1 is 1.00 bits per heavy atom. The number of pyridine rings is 1. The number of aromatic nitrogens is 1. The highest BCUT2D eigenvalue weighted by Gasteiger charge is 2.24. The van der Waals surface area contributed by atoms with Crippen LogP contribution in [0.3, 0.4) is 0 Å². The molecule has 0 N–H and O–H groups in total. The Bertz CT molecular complexity index is 923. The van der Waals surface area contributed by atoms with Crippen LogP contribution >= 0.6 is 0 Å². The first kappa shape index (κ1) is 16.3. The normalized spacial score (nSPS) is 13.2. The molecular formula is C22H21N3O. The molecule has 0 radical (unpaired) electrons. The molecule has 0 saturated carbocycles. The van der Waals surface area contributed by atoms with Crippen molar-refractivity contribution in [1.82, 2.24) is 4.98 Å². The maximum Gasteiger partial charge on any atom is 0.276 e. The van der Waals surface area contributed by atoms with Crippen molar-refractivity contribution in [2.24, 2.45) is 0 Å². The number of aryl methyl sites for hydroxylation is 1. The average molecular weight is 343 g/mol. The van der Waals surface area contributed by atoms with Gasteiger partial charge in [-0.1, -0.05) is 36.4 Å². The van der Waals surface area contributed by atoms with Crippen LogP contribution in [0.4, 0.5) is 17.1 Å². The lowest BCUT2D eigenvalue weighted by Crippen LogP contribution is -2.36. The molecule has 4 rings (SSSR count). The summed E-state index contributed by atoms with van der Waals surface area (Å²) in [5.74, 6) is -0.0412. The summed E-state index contributed by atoms with van der Waals surface area (Å²) in [4.78, 5) is 21.4. The monoisotopic (exact) mass is 343 g/mol. The van der Waals surface area contributed by atoms with Gasteiger partial charge in [0.2, 0.25) is 0 Å². The Kier molecular flexibility index (Phi) is 4.40. The van der Waals surface area contributed by atoms with Gasteiger partial charge in [0.1, 0.15) is 5.69 Å². The van der Waals surface area contributed by atoms with Gasteiger partial charge >= 0.3 is 0 Å². The Morgan fingerprint density at radius 2 is 1.77 bits per heavy atom. The molecule has 2 aromatic carbocycles. The molecule has 4 nitrogen and oxygen atoms in total. The smallest absolute Gasteiger partial charge is 0.276 e. The third kappa shape index (κ3) is 3.06. The van der Waals surface area contributed by atoms with Crippen LogP contribution in [-0.4, -0.2) is 24.5 Å². The van der Waals surface area contributed by atoms with Crippen LogP contribution in [0.25, 0.3) is 0 Å². The van der Waals surface area contributed by atoms with Crippen LogP contribution in [0.5, 0.6) is 0 Å². The third-order valence-corrected chi connectivity index (χ3v) is 4.85. The average Bonchev–Trinajstić information content (AvgIpc) is 2.73. The van der Waals surface area contributed by atoms with Crippen LogP contribution in [0.2, 0.25) is 0 Å². The predicted molar refractivity (Wildman–Crippen MR) is 105 cm³/mol. The second kappa shape index (κ2) is 7.00. The Hall–Kier alpha value is -3.14. The highest BCUT2D eigenvalue weighted by Crippen LogP contribution is 2.29. The zero-order chi connectivity index (χ0) is 17.9. The van der Waals surface area contributed by atoms with Gasteiger partial charge in [0.05, 0.1) is 0 Å². The molecule has 0 unspecified atom stereocenters. The number of hydrogen-bond acceptors (Lipinski definition) is 3. The molecule has 0 atom stereocenters. The summed E-state index contributed by atoms with van der Waals surface area (Å²) in [6.45, 7) is 0.732. The Balaban J connectivity index is 1.64. The minimum Gasteiger partial charge on any atom is -0.345 e. The molecule has 1 aliphatic heterocycles. The fraction of sp³-hybridized carbons (Fsp3) is 0.182. The summed E-state index contributed by atoms with van der Waals surface area (Å²) in [6.07, 6.45) is 3.70. The van der Waals surface area contributed by atoms with E-state index >= 15 is 0 Å². The molecule has 0 aliphatic carbocycles. The summed E-state index contributed by atoms with van der Waals surface area (Å²) in [5.41, 5.74) is 4.72. The van der Waals surface area contributed by atoms with Gasteiger partial charge in [0.15, 0.2) is 0 Å². The number of fused-ring (bicyclic) bond motifs is 1. The van der Waals surface area contributed by atoms with E-state index in [1.807, 2.05) is 72.6 Å². The number of para-hydroxylation sites is 2. The molecule has 4 heteroatoms. The molecule has 1 amide bonds. The number of anilines is 3. The van der Waals surface area contributed by atoms with Gasteiger partial charge in [-0.15, -0.1) is 0 Å². The van der Waals surface area contributed by atoms with E-state index in [0.717, 1.165) is 36.4 Å². The van der Waals surface area contributed by atoms with E-state index in [9.17, 15) is 4.79 Å². The maximum atomic E-state index is 13.1. The van der Waals surface area contributed by atoms with Crippen molar-refractivity contribution in [1.29, 1.82) is 0 Å². The molecule has 26 heavy (non-hydrogen) atoms. The topological polar surface area (TPSA) is 36.4 Å². The van der Waals surface area contributed by atoms with Gasteiger partial charge in [-0.05, 0) is 48.7 Å². The Labute approximate surface area is 153 Å². The van der Waals surface area contributed by atoms with Crippen molar-refractivity contribution in [3.8, 4) is 0 Å². The van der Waals surface area contributed by atoms with Gasteiger partial charge in [0, 0.05) is 36.9 Å². The maximum absolute atomic E-state index is 13.1. The zero-order valence-corrected chi connectivity index (χ0v) is 14.8.